The Morgan fingerprint density at radius 2 is 2.10 bits per heavy atom. The fraction of sp³-hybridized carbons (Fsp3) is 0.647. The van der Waals surface area contributed by atoms with E-state index >= 15 is 0 Å². The highest BCUT2D eigenvalue weighted by Crippen LogP contribution is 2.29. The van der Waals surface area contributed by atoms with Gasteiger partial charge >= 0.3 is 0 Å². The molecule has 2 N–H and O–H groups in total. The van der Waals surface area contributed by atoms with E-state index in [1.165, 1.54) is 24.8 Å². The van der Waals surface area contributed by atoms with E-state index in [0.717, 1.165) is 17.2 Å². The van der Waals surface area contributed by atoms with Crippen molar-refractivity contribution < 1.29 is 9.84 Å². The molecule has 1 aliphatic rings. The van der Waals surface area contributed by atoms with E-state index in [2.05, 4.69) is 25.2 Å². The minimum atomic E-state index is -0.460. The van der Waals surface area contributed by atoms with E-state index in [1.807, 2.05) is 19.1 Å². The van der Waals surface area contributed by atoms with Gasteiger partial charge in [-0.3, -0.25) is 0 Å². The highest BCUT2D eigenvalue weighted by atomic mass is 16.5. The Bertz CT molecular complexity index is 429. The Labute approximate surface area is 122 Å². The quantitative estimate of drug-likeness (QED) is 0.805. The minimum absolute atomic E-state index is 0.342. The number of aliphatic hydroxyl groups is 1. The molecular formula is C17H27NO2. The van der Waals surface area contributed by atoms with Gasteiger partial charge in [-0.15, -0.1) is 0 Å². The molecule has 0 aromatic heterocycles. The van der Waals surface area contributed by atoms with Gasteiger partial charge in [0.2, 0.25) is 0 Å². The van der Waals surface area contributed by atoms with Crippen LogP contribution >= 0.6 is 0 Å². The van der Waals surface area contributed by atoms with Crippen LogP contribution in [0.15, 0.2) is 18.2 Å². The van der Waals surface area contributed by atoms with Crippen molar-refractivity contribution in [3.05, 3.63) is 29.3 Å². The molecule has 3 nitrogen and oxygen atoms in total. The lowest BCUT2D eigenvalue weighted by molar-refractivity contribution is 0.0978. The van der Waals surface area contributed by atoms with Gasteiger partial charge < -0.3 is 15.2 Å². The molecule has 0 bridgehead atoms. The number of nitrogens with one attached hydrogen (secondary N) is 1. The van der Waals surface area contributed by atoms with Crippen molar-refractivity contribution in [1.82, 2.24) is 5.32 Å². The highest BCUT2D eigenvalue weighted by molar-refractivity contribution is 5.35. The van der Waals surface area contributed by atoms with Crippen LogP contribution in [0.3, 0.4) is 0 Å². The van der Waals surface area contributed by atoms with E-state index in [0.29, 0.717) is 19.2 Å². The second-order valence-electron chi connectivity index (χ2n) is 6.12. The van der Waals surface area contributed by atoms with Crippen LogP contribution in [-0.4, -0.2) is 30.4 Å². The fourth-order valence-electron chi connectivity index (χ4n) is 2.63. The van der Waals surface area contributed by atoms with Gasteiger partial charge in [-0.1, -0.05) is 24.1 Å². The molecule has 0 radical (unpaired) electrons. The van der Waals surface area contributed by atoms with Gasteiger partial charge in [0.05, 0.1) is 0 Å². The predicted octanol–water partition coefficient (Wildman–Crippen LogP) is 2.82. The lowest BCUT2D eigenvalue weighted by atomic mass is 9.80. The molecule has 0 spiro atoms. The summed E-state index contributed by atoms with van der Waals surface area (Å²) in [4.78, 5) is 0. The number of ether oxygens (including phenoxy) is 1. The average Bonchev–Trinajstić information content (AvgIpc) is 2.33. The summed E-state index contributed by atoms with van der Waals surface area (Å²) < 4.78 is 5.70. The van der Waals surface area contributed by atoms with E-state index in [-0.39, 0.29) is 0 Å². The molecule has 2 atom stereocenters. The fourth-order valence-corrected chi connectivity index (χ4v) is 2.63. The average molecular weight is 277 g/mol. The van der Waals surface area contributed by atoms with Crippen LogP contribution in [0.5, 0.6) is 5.75 Å². The van der Waals surface area contributed by atoms with Crippen LogP contribution in [0.25, 0.3) is 0 Å². The van der Waals surface area contributed by atoms with Gasteiger partial charge in [0.15, 0.2) is 0 Å². The maximum absolute atomic E-state index is 9.99. The molecule has 2 unspecified atom stereocenters. The molecule has 1 aromatic rings. The zero-order valence-electron chi connectivity index (χ0n) is 12.9. The van der Waals surface area contributed by atoms with Crippen molar-refractivity contribution in [2.45, 2.75) is 52.2 Å². The van der Waals surface area contributed by atoms with Crippen LogP contribution in [0.2, 0.25) is 0 Å². The van der Waals surface area contributed by atoms with Gasteiger partial charge in [0, 0.05) is 12.6 Å². The molecule has 0 saturated heterocycles. The van der Waals surface area contributed by atoms with Gasteiger partial charge in [-0.25, -0.2) is 0 Å². The number of hydrogen-bond donors (Lipinski definition) is 2. The number of aryl methyl sites for hydroxylation is 2. The van der Waals surface area contributed by atoms with Crippen LogP contribution in [-0.2, 0) is 0 Å². The first-order valence-electron chi connectivity index (χ1n) is 7.67. The molecule has 3 heteroatoms. The van der Waals surface area contributed by atoms with Crippen molar-refractivity contribution >= 4 is 0 Å². The van der Waals surface area contributed by atoms with Gasteiger partial charge in [0.25, 0.3) is 0 Å². The first-order chi connectivity index (χ1) is 9.56. The summed E-state index contributed by atoms with van der Waals surface area (Å²) in [6.45, 7) is 7.25. The minimum Gasteiger partial charge on any atom is -0.491 e. The molecular weight excluding hydrogens is 250 g/mol. The molecule has 2 rings (SSSR count). The topological polar surface area (TPSA) is 41.5 Å². The Morgan fingerprint density at radius 1 is 1.35 bits per heavy atom. The summed E-state index contributed by atoms with van der Waals surface area (Å²) in [6, 6.07) is 6.60. The summed E-state index contributed by atoms with van der Waals surface area (Å²) >= 11 is 0. The van der Waals surface area contributed by atoms with Crippen LogP contribution < -0.4 is 10.1 Å². The molecule has 0 amide bonds. The monoisotopic (exact) mass is 277 g/mol. The maximum atomic E-state index is 9.99. The second-order valence-corrected chi connectivity index (χ2v) is 6.12. The summed E-state index contributed by atoms with van der Waals surface area (Å²) in [6.07, 6.45) is 3.54. The summed E-state index contributed by atoms with van der Waals surface area (Å²) in [5.41, 5.74) is 2.35. The third-order valence-electron chi connectivity index (χ3n) is 4.29. The molecule has 0 aliphatic heterocycles. The molecule has 112 valence electrons. The van der Waals surface area contributed by atoms with Crippen LogP contribution in [0.4, 0.5) is 0 Å². The molecule has 1 saturated carbocycles. The summed E-state index contributed by atoms with van der Waals surface area (Å²) in [5, 5.41) is 13.4. The number of rotatable bonds is 7. The highest BCUT2D eigenvalue weighted by Gasteiger charge is 2.23. The van der Waals surface area contributed by atoms with E-state index < -0.39 is 6.10 Å². The third kappa shape index (κ3) is 4.22. The lowest BCUT2D eigenvalue weighted by Crippen LogP contribution is -2.42. The van der Waals surface area contributed by atoms with Crippen LogP contribution in [0, 0.1) is 19.8 Å². The van der Waals surface area contributed by atoms with E-state index in [4.69, 9.17) is 4.74 Å². The van der Waals surface area contributed by atoms with Gasteiger partial charge in [-0.2, -0.15) is 0 Å². The first kappa shape index (κ1) is 15.3. The predicted molar refractivity (Wildman–Crippen MR) is 82.2 cm³/mol. The van der Waals surface area contributed by atoms with Gasteiger partial charge in [0.1, 0.15) is 18.5 Å². The smallest absolute Gasteiger partial charge is 0.122 e. The number of aliphatic hydroxyl groups excluding tert-OH is 1. The third-order valence-corrected chi connectivity index (χ3v) is 4.29. The standard InChI is InChI=1S/C17H27NO2/c1-12-7-8-17(13(2)9-12)20-11-16(19)10-18-14(3)15-5-4-6-15/h7-9,14-16,18-19H,4-6,10-11H2,1-3H3. The Hall–Kier alpha value is -1.06. The molecule has 1 aromatic carbocycles. The normalized spacial score (nSPS) is 18.4. The summed E-state index contributed by atoms with van der Waals surface area (Å²) in [5.74, 6) is 1.66. The van der Waals surface area contributed by atoms with E-state index in [1.54, 1.807) is 0 Å². The van der Waals surface area contributed by atoms with E-state index in [9.17, 15) is 5.11 Å². The van der Waals surface area contributed by atoms with Crippen molar-refractivity contribution in [3.63, 3.8) is 0 Å². The van der Waals surface area contributed by atoms with Gasteiger partial charge in [-0.05, 0) is 51.2 Å². The van der Waals surface area contributed by atoms with Crippen molar-refractivity contribution in [2.24, 2.45) is 5.92 Å². The Kier molecular flexibility index (Phi) is 5.44. The van der Waals surface area contributed by atoms with Crippen molar-refractivity contribution in [1.29, 1.82) is 0 Å². The maximum Gasteiger partial charge on any atom is 0.122 e. The SMILES string of the molecule is Cc1ccc(OCC(O)CNC(C)C2CCC2)c(C)c1. The summed E-state index contributed by atoms with van der Waals surface area (Å²) in [7, 11) is 0. The number of benzene rings is 1. The van der Waals surface area contributed by atoms with Crippen molar-refractivity contribution in [2.75, 3.05) is 13.2 Å². The Morgan fingerprint density at radius 3 is 2.70 bits per heavy atom. The first-order valence-corrected chi connectivity index (χ1v) is 7.67. The molecule has 1 fully saturated rings. The lowest BCUT2D eigenvalue weighted by Gasteiger charge is -2.32. The molecule has 1 aliphatic carbocycles. The largest absolute Gasteiger partial charge is 0.491 e. The number of hydrogen-bond acceptors (Lipinski definition) is 3. The Balaban J connectivity index is 1.70. The van der Waals surface area contributed by atoms with Crippen LogP contribution in [0.1, 0.15) is 37.3 Å². The second kappa shape index (κ2) is 7.09. The zero-order chi connectivity index (χ0) is 14.5. The molecule has 0 heterocycles. The zero-order valence-corrected chi connectivity index (χ0v) is 12.9. The molecule has 20 heavy (non-hydrogen) atoms. The van der Waals surface area contributed by atoms with Crippen molar-refractivity contribution in [3.8, 4) is 5.75 Å².